The van der Waals surface area contributed by atoms with Gasteiger partial charge in [0, 0.05) is 55.5 Å². The van der Waals surface area contributed by atoms with Crippen molar-refractivity contribution in [3.05, 3.63) is 66.5 Å². The van der Waals surface area contributed by atoms with Crippen LogP contribution < -0.4 is 25.6 Å². The number of nitrogens with zero attached hydrogens (tertiary/aromatic N) is 7. The van der Waals surface area contributed by atoms with Gasteiger partial charge in [0.25, 0.3) is 0 Å². The van der Waals surface area contributed by atoms with Crippen molar-refractivity contribution in [3.63, 3.8) is 0 Å². The number of hydrogen-bond acceptors (Lipinski definition) is 10. The lowest BCUT2D eigenvalue weighted by molar-refractivity contribution is 0.413. The molecule has 4 aromatic rings. The molecule has 10 nitrogen and oxygen atoms in total. The van der Waals surface area contributed by atoms with Gasteiger partial charge in [0.2, 0.25) is 11.9 Å². The van der Waals surface area contributed by atoms with Crippen LogP contribution in [-0.2, 0) is 5.41 Å². The number of anilines is 6. The van der Waals surface area contributed by atoms with E-state index in [1.54, 1.807) is 25.4 Å². The van der Waals surface area contributed by atoms with E-state index in [2.05, 4.69) is 38.9 Å². The van der Waals surface area contributed by atoms with Crippen molar-refractivity contribution in [2.45, 2.75) is 19.3 Å². The van der Waals surface area contributed by atoms with Crippen LogP contribution in [0.25, 0.3) is 11.1 Å². The van der Waals surface area contributed by atoms with E-state index in [0.717, 1.165) is 30.2 Å². The largest absolute Gasteiger partial charge is 0.494 e. The number of halogens is 1. The molecule has 11 heteroatoms. The second kappa shape index (κ2) is 11.2. The highest BCUT2D eigenvalue weighted by molar-refractivity contribution is 5.79. The Morgan fingerprint density at radius 2 is 1.85 bits per heavy atom. The van der Waals surface area contributed by atoms with E-state index < -0.39 is 0 Å². The molecule has 0 unspecified atom stereocenters. The van der Waals surface area contributed by atoms with Crippen LogP contribution in [0.5, 0.6) is 5.75 Å². The summed E-state index contributed by atoms with van der Waals surface area (Å²) >= 11 is 0. The van der Waals surface area contributed by atoms with Crippen molar-refractivity contribution in [3.8, 4) is 16.9 Å². The summed E-state index contributed by atoms with van der Waals surface area (Å²) in [7, 11) is 7.69. The predicted octanol–water partition coefficient (Wildman–Crippen LogP) is 4.83. The van der Waals surface area contributed by atoms with Crippen molar-refractivity contribution in [1.29, 1.82) is 0 Å². The van der Waals surface area contributed by atoms with Gasteiger partial charge in [0.05, 0.1) is 35.6 Å². The number of methoxy groups -OCH3 is 1. The summed E-state index contributed by atoms with van der Waals surface area (Å²) in [6.45, 7) is 6.54. The first kappa shape index (κ1) is 28.0. The molecule has 1 aliphatic heterocycles. The van der Waals surface area contributed by atoms with Gasteiger partial charge in [0.15, 0.2) is 0 Å². The van der Waals surface area contributed by atoms with Gasteiger partial charge in [-0.2, -0.15) is 4.98 Å². The van der Waals surface area contributed by atoms with Gasteiger partial charge in [-0.05, 0) is 32.3 Å². The number of pyridine rings is 1. The molecule has 0 saturated heterocycles. The van der Waals surface area contributed by atoms with Gasteiger partial charge in [-0.3, -0.25) is 4.98 Å². The van der Waals surface area contributed by atoms with E-state index in [1.807, 2.05) is 50.3 Å². The maximum absolute atomic E-state index is 14.6. The van der Waals surface area contributed by atoms with Crippen LogP contribution in [0.4, 0.5) is 39.0 Å². The van der Waals surface area contributed by atoms with Crippen molar-refractivity contribution < 1.29 is 9.13 Å². The molecule has 41 heavy (non-hydrogen) atoms. The summed E-state index contributed by atoms with van der Waals surface area (Å²) < 4.78 is 20.3. The van der Waals surface area contributed by atoms with Gasteiger partial charge in [-0.25, -0.2) is 14.4 Å². The first-order chi connectivity index (χ1) is 19.6. The molecule has 0 spiro atoms. The van der Waals surface area contributed by atoms with Crippen molar-refractivity contribution in [2.24, 2.45) is 0 Å². The molecule has 3 N–H and O–H groups in total. The third-order valence-electron chi connectivity index (χ3n) is 7.23. The molecule has 0 amide bonds. The second-order valence-corrected chi connectivity index (χ2v) is 11.1. The van der Waals surface area contributed by atoms with Crippen LogP contribution in [0, 0.1) is 5.82 Å². The minimum Gasteiger partial charge on any atom is -0.494 e. The monoisotopic (exact) mass is 557 g/mol. The third kappa shape index (κ3) is 5.71. The number of nitrogen functional groups attached to an aromatic ring is 1. The zero-order valence-electron chi connectivity index (χ0n) is 24.3. The number of aromatic nitrogens is 4. The van der Waals surface area contributed by atoms with Crippen molar-refractivity contribution in [2.75, 3.05) is 68.7 Å². The normalized spacial score (nSPS) is 13.8. The number of nitrogens with one attached hydrogen (secondary N) is 1. The number of rotatable bonds is 9. The number of nitrogens with two attached hydrogens (primary N) is 1. The Bertz CT molecular complexity index is 1560. The molecule has 3 heterocycles. The molecule has 0 fully saturated rings. The molecular weight excluding hydrogens is 521 g/mol. The van der Waals surface area contributed by atoms with Crippen LogP contribution >= 0.6 is 0 Å². The SMILES string of the molecule is COc1cc(N(C)CCN(C)C)c(N)cc1Nc1ncnc(N2CC(C)(C)c3ncc(-c4ccccc4F)cc32)n1. The molecule has 0 bridgehead atoms. The lowest BCUT2D eigenvalue weighted by Crippen LogP contribution is -2.29. The molecule has 0 saturated carbocycles. The molecular formula is C30H36FN9O. The van der Waals surface area contributed by atoms with Crippen LogP contribution in [0.15, 0.2) is 55.0 Å². The molecule has 0 radical (unpaired) electrons. The highest BCUT2D eigenvalue weighted by Crippen LogP contribution is 2.44. The van der Waals surface area contributed by atoms with Crippen LogP contribution in [0.2, 0.25) is 0 Å². The van der Waals surface area contributed by atoms with E-state index in [4.69, 9.17) is 20.4 Å². The molecule has 2 aromatic carbocycles. The average molecular weight is 558 g/mol. The summed E-state index contributed by atoms with van der Waals surface area (Å²) in [5.41, 5.74) is 11.2. The van der Waals surface area contributed by atoms with E-state index >= 15 is 0 Å². The fourth-order valence-electron chi connectivity index (χ4n) is 5.01. The summed E-state index contributed by atoms with van der Waals surface area (Å²) in [6, 6.07) is 12.4. The molecule has 2 aromatic heterocycles. The Balaban J connectivity index is 1.45. The molecule has 5 rings (SSSR count). The predicted molar refractivity (Wildman–Crippen MR) is 162 cm³/mol. The summed E-state index contributed by atoms with van der Waals surface area (Å²) in [6.07, 6.45) is 3.18. The number of ether oxygens (including phenoxy) is 1. The quantitative estimate of drug-likeness (QED) is 0.278. The zero-order chi connectivity index (χ0) is 29.3. The fraction of sp³-hybridized carbons (Fsp3) is 0.333. The van der Waals surface area contributed by atoms with Crippen LogP contribution in [-0.4, -0.2) is 72.7 Å². The molecule has 0 aliphatic carbocycles. The van der Waals surface area contributed by atoms with Crippen LogP contribution in [0.1, 0.15) is 19.5 Å². The van der Waals surface area contributed by atoms with Gasteiger partial charge in [-0.1, -0.05) is 32.0 Å². The topological polar surface area (TPSA) is 109 Å². The number of benzene rings is 2. The Morgan fingerprint density at radius 3 is 2.59 bits per heavy atom. The lowest BCUT2D eigenvalue weighted by Gasteiger charge is -2.24. The Labute approximate surface area is 240 Å². The maximum Gasteiger partial charge on any atom is 0.234 e. The zero-order valence-corrected chi connectivity index (χ0v) is 24.3. The van der Waals surface area contributed by atoms with Crippen molar-refractivity contribution in [1.82, 2.24) is 24.8 Å². The maximum atomic E-state index is 14.6. The smallest absolute Gasteiger partial charge is 0.234 e. The fourth-order valence-corrected chi connectivity index (χ4v) is 5.01. The van der Waals surface area contributed by atoms with E-state index in [0.29, 0.717) is 46.7 Å². The summed E-state index contributed by atoms with van der Waals surface area (Å²) in [5, 5.41) is 3.25. The minimum atomic E-state index is -0.298. The standard InChI is InChI=1S/C30H36FN9O/c1-30(2)17-40(25-13-19(16-33-27(25)30)20-9-7-8-10-21(20)31)29-35-18-34-28(37-29)36-23-14-22(32)24(15-26(23)41-6)39(5)12-11-38(3)4/h7-10,13-16,18H,11-12,17,32H2,1-6H3,(H,34,35,36,37). The Morgan fingerprint density at radius 1 is 1.07 bits per heavy atom. The Kier molecular flexibility index (Phi) is 7.63. The number of likely N-dealkylation sites (N-methyl/N-ethyl adjacent to an activating group) is 2. The Hall–Kier alpha value is -4.51. The summed E-state index contributed by atoms with van der Waals surface area (Å²) in [5.74, 6) is 1.10. The molecule has 214 valence electrons. The first-order valence-electron chi connectivity index (χ1n) is 13.4. The van der Waals surface area contributed by atoms with E-state index in [-0.39, 0.29) is 11.2 Å². The van der Waals surface area contributed by atoms with Crippen molar-refractivity contribution >= 4 is 34.6 Å². The highest BCUT2D eigenvalue weighted by atomic mass is 19.1. The minimum absolute atomic E-state index is 0.268. The van der Waals surface area contributed by atoms with E-state index in [1.165, 1.54) is 12.4 Å². The van der Waals surface area contributed by atoms with Crippen LogP contribution in [0.3, 0.4) is 0 Å². The number of fused-ring (bicyclic) bond motifs is 1. The lowest BCUT2D eigenvalue weighted by atomic mass is 9.91. The van der Waals surface area contributed by atoms with Gasteiger partial charge in [-0.15, -0.1) is 0 Å². The van der Waals surface area contributed by atoms with Gasteiger partial charge < -0.3 is 30.5 Å². The number of hydrogen-bond donors (Lipinski definition) is 2. The second-order valence-electron chi connectivity index (χ2n) is 11.1. The van der Waals surface area contributed by atoms with Gasteiger partial charge in [0.1, 0.15) is 17.9 Å². The van der Waals surface area contributed by atoms with E-state index in [9.17, 15) is 4.39 Å². The highest BCUT2D eigenvalue weighted by Gasteiger charge is 2.39. The third-order valence-corrected chi connectivity index (χ3v) is 7.23. The molecule has 1 aliphatic rings. The average Bonchev–Trinajstić information content (AvgIpc) is 3.22. The summed E-state index contributed by atoms with van der Waals surface area (Å²) in [4.78, 5) is 24.5. The van der Waals surface area contributed by atoms with Gasteiger partial charge >= 0.3 is 0 Å². The first-order valence-corrected chi connectivity index (χ1v) is 13.4. The molecule has 0 atom stereocenters.